The van der Waals surface area contributed by atoms with Gasteiger partial charge in [-0.15, -0.1) is 0 Å². The number of carbonyl (C=O) groups excluding carboxylic acids is 1. The maximum Gasteiger partial charge on any atom is 0.142 e. The van der Waals surface area contributed by atoms with Crippen LogP contribution in [0, 0.1) is 5.92 Å². The molecule has 1 rings (SSSR count). The van der Waals surface area contributed by atoms with E-state index in [1.54, 1.807) is 11.8 Å². The van der Waals surface area contributed by atoms with Crippen LogP contribution in [0.15, 0.2) is 4.47 Å². The standard InChI is InChI=1S/C13H21BrN2OS/c1-5-10-13(14)11(16(6-2)15-10)7-12(17)9(3)8-18-4/h9H,5-8H2,1-4H3. The van der Waals surface area contributed by atoms with Crippen LogP contribution in [-0.4, -0.2) is 27.6 Å². The van der Waals surface area contributed by atoms with Crippen molar-refractivity contribution in [1.82, 2.24) is 9.78 Å². The van der Waals surface area contributed by atoms with Gasteiger partial charge in [0.05, 0.1) is 15.9 Å². The lowest BCUT2D eigenvalue weighted by Crippen LogP contribution is -2.18. The SMILES string of the molecule is CCc1nn(CC)c(CC(=O)C(C)CSC)c1Br. The average Bonchev–Trinajstić information content (AvgIpc) is 2.66. The number of halogens is 1. The number of aromatic nitrogens is 2. The molecule has 0 spiro atoms. The summed E-state index contributed by atoms with van der Waals surface area (Å²) in [7, 11) is 0. The second-order valence-electron chi connectivity index (χ2n) is 4.38. The second-order valence-corrected chi connectivity index (χ2v) is 6.08. The summed E-state index contributed by atoms with van der Waals surface area (Å²) >= 11 is 5.30. The molecule has 0 N–H and O–H groups in total. The molecule has 0 aliphatic carbocycles. The predicted octanol–water partition coefficient (Wildman–Crippen LogP) is 3.34. The van der Waals surface area contributed by atoms with Crippen molar-refractivity contribution in [3.63, 3.8) is 0 Å². The number of rotatable bonds is 7. The van der Waals surface area contributed by atoms with Gasteiger partial charge in [0.15, 0.2) is 0 Å². The highest BCUT2D eigenvalue weighted by atomic mass is 79.9. The van der Waals surface area contributed by atoms with E-state index in [0.29, 0.717) is 12.2 Å². The summed E-state index contributed by atoms with van der Waals surface area (Å²) in [5.41, 5.74) is 2.06. The van der Waals surface area contributed by atoms with Crippen molar-refractivity contribution < 1.29 is 4.79 Å². The van der Waals surface area contributed by atoms with Crippen LogP contribution in [0.25, 0.3) is 0 Å². The Morgan fingerprint density at radius 3 is 2.67 bits per heavy atom. The van der Waals surface area contributed by atoms with Crippen LogP contribution in [0.5, 0.6) is 0 Å². The Kier molecular flexibility index (Phi) is 6.43. The van der Waals surface area contributed by atoms with Gasteiger partial charge >= 0.3 is 0 Å². The minimum absolute atomic E-state index is 0.109. The van der Waals surface area contributed by atoms with Gasteiger partial charge in [-0.25, -0.2) is 0 Å². The van der Waals surface area contributed by atoms with E-state index < -0.39 is 0 Å². The molecular formula is C13H21BrN2OS. The molecule has 18 heavy (non-hydrogen) atoms. The summed E-state index contributed by atoms with van der Waals surface area (Å²) in [5, 5.41) is 4.52. The van der Waals surface area contributed by atoms with Gasteiger partial charge in [0.1, 0.15) is 5.78 Å². The van der Waals surface area contributed by atoms with E-state index in [9.17, 15) is 4.79 Å². The number of nitrogens with zero attached hydrogens (tertiary/aromatic N) is 2. The third kappa shape index (κ3) is 3.60. The largest absolute Gasteiger partial charge is 0.299 e. The highest BCUT2D eigenvalue weighted by Crippen LogP contribution is 2.24. The predicted molar refractivity (Wildman–Crippen MR) is 81.2 cm³/mol. The number of hydrogen-bond donors (Lipinski definition) is 0. The Balaban J connectivity index is 2.89. The zero-order chi connectivity index (χ0) is 13.7. The minimum atomic E-state index is 0.109. The van der Waals surface area contributed by atoms with E-state index >= 15 is 0 Å². The van der Waals surface area contributed by atoms with Crippen LogP contribution in [0.3, 0.4) is 0 Å². The fraction of sp³-hybridized carbons (Fsp3) is 0.692. The van der Waals surface area contributed by atoms with Gasteiger partial charge in [-0.05, 0) is 35.5 Å². The number of Topliss-reactive ketones (excluding diaryl/α,β-unsaturated/α-hetero) is 1. The third-order valence-corrected chi connectivity index (χ3v) is 4.75. The molecule has 0 radical (unpaired) electrons. The molecule has 0 saturated heterocycles. The van der Waals surface area contributed by atoms with Crippen LogP contribution in [0.4, 0.5) is 0 Å². The topological polar surface area (TPSA) is 34.9 Å². The van der Waals surface area contributed by atoms with Crippen LogP contribution in [0.1, 0.15) is 32.2 Å². The van der Waals surface area contributed by atoms with Crippen LogP contribution in [-0.2, 0) is 24.2 Å². The quantitative estimate of drug-likeness (QED) is 0.768. The third-order valence-electron chi connectivity index (χ3n) is 3.00. The van der Waals surface area contributed by atoms with Gasteiger partial charge in [-0.1, -0.05) is 13.8 Å². The second kappa shape index (κ2) is 7.34. The zero-order valence-corrected chi connectivity index (χ0v) is 13.9. The van der Waals surface area contributed by atoms with E-state index in [0.717, 1.165) is 34.6 Å². The molecule has 0 bridgehead atoms. The molecule has 0 fully saturated rings. The van der Waals surface area contributed by atoms with E-state index in [-0.39, 0.29) is 5.92 Å². The minimum Gasteiger partial charge on any atom is -0.299 e. The maximum absolute atomic E-state index is 12.1. The molecule has 3 nitrogen and oxygen atoms in total. The van der Waals surface area contributed by atoms with Gasteiger partial charge in [0.25, 0.3) is 0 Å². The molecule has 1 unspecified atom stereocenters. The first-order valence-electron chi connectivity index (χ1n) is 6.30. The van der Waals surface area contributed by atoms with Gasteiger partial charge in [-0.3, -0.25) is 9.48 Å². The number of aryl methyl sites for hydroxylation is 2. The first-order chi connectivity index (χ1) is 8.54. The molecule has 0 amide bonds. The van der Waals surface area contributed by atoms with Crippen LogP contribution < -0.4 is 0 Å². The number of ketones is 1. The number of hydrogen-bond acceptors (Lipinski definition) is 3. The van der Waals surface area contributed by atoms with Crippen molar-refractivity contribution in [2.75, 3.05) is 12.0 Å². The lowest BCUT2D eigenvalue weighted by molar-refractivity contribution is -0.121. The molecule has 1 heterocycles. The van der Waals surface area contributed by atoms with Gasteiger partial charge in [-0.2, -0.15) is 16.9 Å². The molecule has 5 heteroatoms. The van der Waals surface area contributed by atoms with E-state index in [4.69, 9.17) is 0 Å². The Morgan fingerprint density at radius 1 is 1.50 bits per heavy atom. The summed E-state index contributed by atoms with van der Waals surface area (Å²) in [5.74, 6) is 1.29. The summed E-state index contributed by atoms with van der Waals surface area (Å²) in [6.45, 7) is 6.94. The molecule has 0 aromatic carbocycles. The smallest absolute Gasteiger partial charge is 0.142 e. The first kappa shape index (κ1) is 15.8. The van der Waals surface area contributed by atoms with Crippen molar-refractivity contribution in [2.24, 2.45) is 5.92 Å². The molecule has 0 aliphatic heterocycles. The van der Waals surface area contributed by atoms with E-state index in [1.165, 1.54) is 0 Å². The van der Waals surface area contributed by atoms with Gasteiger partial charge in [0, 0.05) is 24.6 Å². The highest BCUT2D eigenvalue weighted by molar-refractivity contribution is 9.10. The van der Waals surface area contributed by atoms with E-state index in [2.05, 4.69) is 34.9 Å². The van der Waals surface area contributed by atoms with Crippen LogP contribution in [0.2, 0.25) is 0 Å². The van der Waals surface area contributed by atoms with Crippen molar-refractivity contribution in [2.45, 2.75) is 40.2 Å². The molecule has 1 aromatic heterocycles. The van der Waals surface area contributed by atoms with Crippen molar-refractivity contribution in [3.05, 3.63) is 15.9 Å². The summed E-state index contributed by atoms with van der Waals surface area (Å²) in [6, 6.07) is 0. The lowest BCUT2D eigenvalue weighted by atomic mass is 10.0. The number of carbonyl (C=O) groups is 1. The Labute approximate surface area is 122 Å². The normalized spacial score (nSPS) is 12.7. The van der Waals surface area contributed by atoms with Crippen molar-refractivity contribution in [1.29, 1.82) is 0 Å². The fourth-order valence-corrected chi connectivity index (χ4v) is 3.26. The summed E-state index contributed by atoms with van der Waals surface area (Å²) < 4.78 is 2.95. The van der Waals surface area contributed by atoms with Crippen LogP contribution >= 0.6 is 27.7 Å². The fourth-order valence-electron chi connectivity index (χ4n) is 1.87. The first-order valence-corrected chi connectivity index (χ1v) is 8.49. The van der Waals surface area contributed by atoms with Gasteiger partial charge in [0.2, 0.25) is 0 Å². The summed E-state index contributed by atoms with van der Waals surface area (Å²) in [6.07, 6.45) is 3.39. The Hall–Kier alpha value is -0.290. The summed E-state index contributed by atoms with van der Waals surface area (Å²) in [4.78, 5) is 12.1. The Bertz CT molecular complexity index is 417. The number of thioether (sulfide) groups is 1. The van der Waals surface area contributed by atoms with Crippen molar-refractivity contribution in [3.8, 4) is 0 Å². The Morgan fingerprint density at radius 2 is 2.17 bits per heavy atom. The molecule has 102 valence electrons. The average molecular weight is 333 g/mol. The molecule has 1 aromatic rings. The molecular weight excluding hydrogens is 312 g/mol. The monoisotopic (exact) mass is 332 g/mol. The van der Waals surface area contributed by atoms with Crippen molar-refractivity contribution >= 4 is 33.5 Å². The lowest BCUT2D eigenvalue weighted by Gasteiger charge is -2.10. The van der Waals surface area contributed by atoms with E-state index in [1.807, 2.05) is 17.9 Å². The molecule has 0 aliphatic rings. The molecule has 1 atom stereocenters. The zero-order valence-electron chi connectivity index (χ0n) is 11.5. The molecule has 0 saturated carbocycles. The van der Waals surface area contributed by atoms with Gasteiger partial charge < -0.3 is 0 Å². The highest BCUT2D eigenvalue weighted by Gasteiger charge is 2.19. The maximum atomic E-state index is 12.1.